The summed E-state index contributed by atoms with van der Waals surface area (Å²) in [6.45, 7) is 5.31. The highest BCUT2D eigenvalue weighted by Crippen LogP contribution is 2.45. The van der Waals surface area contributed by atoms with Gasteiger partial charge < -0.3 is 10.1 Å². The van der Waals surface area contributed by atoms with Crippen LogP contribution in [0.25, 0.3) is 0 Å². The summed E-state index contributed by atoms with van der Waals surface area (Å²) in [6, 6.07) is 7.65. The largest absolute Gasteiger partial charge is 0.491 e. The SMILES string of the molecule is CC(=O)N1CCCc2cc(OCCN3CCC4(CC3)C(=O)Nc3ccc(Cl)cc34)cnc21. The number of hydrogen-bond donors (Lipinski definition) is 1. The van der Waals surface area contributed by atoms with Crippen LogP contribution in [-0.2, 0) is 21.4 Å². The number of carbonyl (C=O) groups excluding carboxylic acids is 2. The van der Waals surface area contributed by atoms with Crippen molar-refractivity contribution < 1.29 is 14.3 Å². The molecule has 0 unspecified atom stereocenters. The number of fused-ring (bicyclic) bond motifs is 3. The maximum Gasteiger partial charge on any atom is 0.235 e. The third kappa shape index (κ3) is 3.73. The first-order valence-corrected chi connectivity index (χ1v) is 11.6. The molecule has 1 aromatic heterocycles. The Morgan fingerprint density at radius 2 is 2.06 bits per heavy atom. The van der Waals surface area contributed by atoms with Gasteiger partial charge >= 0.3 is 0 Å². The Labute approximate surface area is 192 Å². The molecule has 32 heavy (non-hydrogen) atoms. The maximum atomic E-state index is 12.8. The summed E-state index contributed by atoms with van der Waals surface area (Å²) in [4.78, 5) is 33.1. The summed E-state index contributed by atoms with van der Waals surface area (Å²) in [5, 5.41) is 3.69. The minimum absolute atomic E-state index is 0.0239. The first-order valence-electron chi connectivity index (χ1n) is 11.2. The zero-order valence-electron chi connectivity index (χ0n) is 18.2. The number of pyridine rings is 1. The number of rotatable bonds is 4. The molecule has 1 spiro atoms. The van der Waals surface area contributed by atoms with Gasteiger partial charge in [0.05, 0.1) is 11.6 Å². The summed E-state index contributed by atoms with van der Waals surface area (Å²) in [7, 11) is 0. The minimum atomic E-state index is -0.470. The zero-order chi connectivity index (χ0) is 22.3. The Balaban J connectivity index is 1.17. The Hall–Kier alpha value is -2.64. The van der Waals surface area contributed by atoms with Crippen LogP contribution in [0.15, 0.2) is 30.5 Å². The molecule has 0 saturated carbocycles. The van der Waals surface area contributed by atoms with E-state index in [1.165, 1.54) is 0 Å². The van der Waals surface area contributed by atoms with Crippen LogP contribution >= 0.6 is 11.6 Å². The van der Waals surface area contributed by atoms with Crippen LogP contribution in [-0.4, -0.2) is 54.5 Å². The first-order chi connectivity index (χ1) is 15.5. The summed E-state index contributed by atoms with van der Waals surface area (Å²) in [5.41, 5.74) is 2.52. The standard InChI is InChI=1S/C24H27ClN4O3/c1-16(30)29-8-2-3-17-13-19(15-26-22(17)29)32-12-11-28-9-6-24(7-10-28)20-14-18(25)4-5-21(20)27-23(24)31/h4-5,13-15H,2-3,6-12H2,1H3,(H,27,31). The number of halogens is 1. The highest BCUT2D eigenvalue weighted by atomic mass is 35.5. The molecule has 1 fully saturated rings. The molecule has 7 nitrogen and oxygen atoms in total. The summed E-state index contributed by atoms with van der Waals surface area (Å²) in [5.74, 6) is 1.61. The van der Waals surface area contributed by atoms with Crippen LogP contribution in [0.5, 0.6) is 5.75 Å². The quantitative estimate of drug-likeness (QED) is 0.766. The van der Waals surface area contributed by atoms with Gasteiger partial charge in [-0.3, -0.25) is 19.4 Å². The molecular formula is C24H27ClN4O3. The molecule has 0 radical (unpaired) electrons. The van der Waals surface area contributed by atoms with E-state index in [9.17, 15) is 9.59 Å². The van der Waals surface area contributed by atoms with E-state index in [2.05, 4.69) is 15.2 Å². The van der Waals surface area contributed by atoms with Crippen LogP contribution in [0.2, 0.25) is 5.02 Å². The van der Waals surface area contributed by atoms with Crippen LogP contribution in [0.4, 0.5) is 11.5 Å². The average Bonchev–Trinajstić information content (AvgIpc) is 3.05. The predicted octanol–water partition coefficient (Wildman–Crippen LogP) is 3.40. The molecule has 4 heterocycles. The second-order valence-electron chi connectivity index (χ2n) is 8.84. The third-order valence-corrected chi connectivity index (χ3v) is 7.18. The Kier molecular flexibility index (Phi) is 5.55. The van der Waals surface area contributed by atoms with Gasteiger partial charge in [0.1, 0.15) is 18.2 Å². The average molecular weight is 455 g/mol. The van der Waals surface area contributed by atoms with Crippen molar-refractivity contribution in [2.24, 2.45) is 0 Å². The van der Waals surface area contributed by atoms with Gasteiger partial charge in [-0.25, -0.2) is 4.98 Å². The first kappa shape index (κ1) is 21.2. The zero-order valence-corrected chi connectivity index (χ0v) is 19.0. The van der Waals surface area contributed by atoms with Crippen molar-refractivity contribution in [1.29, 1.82) is 0 Å². The number of hydrogen-bond acceptors (Lipinski definition) is 5. The van der Waals surface area contributed by atoms with Crippen molar-refractivity contribution in [3.05, 3.63) is 46.6 Å². The second-order valence-corrected chi connectivity index (χ2v) is 9.28. The number of aryl methyl sites for hydroxylation is 1. The number of amides is 2. The minimum Gasteiger partial charge on any atom is -0.491 e. The van der Waals surface area contributed by atoms with Crippen molar-refractivity contribution >= 4 is 34.9 Å². The maximum absolute atomic E-state index is 12.8. The van der Waals surface area contributed by atoms with E-state index in [0.717, 1.165) is 80.2 Å². The smallest absolute Gasteiger partial charge is 0.235 e. The predicted molar refractivity (Wildman–Crippen MR) is 124 cm³/mol. The van der Waals surface area contributed by atoms with Gasteiger partial charge in [-0.2, -0.15) is 0 Å². The number of aromatic nitrogens is 1. The van der Waals surface area contributed by atoms with Crippen molar-refractivity contribution in [3.8, 4) is 5.75 Å². The second kappa shape index (κ2) is 8.37. The normalized spacial score (nSPS) is 19.4. The molecule has 2 amide bonds. The highest BCUT2D eigenvalue weighted by molar-refractivity contribution is 6.31. The van der Waals surface area contributed by atoms with Crippen molar-refractivity contribution in [3.63, 3.8) is 0 Å². The molecule has 2 aromatic rings. The molecule has 5 rings (SSSR count). The van der Waals surface area contributed by atoms with Crippen LogP contribution < -0.4 is 15.0 Å². The number of nitrogens with one attached hydrogen (secondary N) is 1. The molecule has 0 atom stereocenters. The number of nitrogens with zero attached hydrogens (tertiary/aromatic N) is 3. The lowest BCUT2D eigenvalue weighted by Gasteiger charge is -2.38. The lowest BCUT2D eigenvalue weighted by molar-refractivity contribution is -0.122. The molecule has 1 N–H and O–H groups in total. The van der Waals surface area contributed by atoms with Gasteiger partial charge in [0, 0.05) is 30.7 Å². The fourth-order valence-corrected chi connectivity index (χ4v) is 5.33. The van der Waals surface area contributed by atoms with Crippen molar-refractivity contribution in [1.82, 2.24) is 9.88 Å². The fourth-order valence-electron chi connectivity index (χ4n) is 5.16. The van der Waals surface area contributed by atoms with Gasteiger partial charge in [0.15, 0.2) is 0 Å². The molecule has 0 aliphatic carbocycles. The van der Waals surface area contributed by atoms with Gasteiger partial charge in [0.2, 0.25) is 11.8 Å². The number of carbonyl (C=O) groups is 2. The molecule has 3 aliphatic rings. The number of anilines is 2. The van der Waals surface area contributed by atoms with E-state index in [1.807, 2.05) is 24.3 Å². The summed E-state index contributed by atoms with van der Waals surface area (Å²) < 4.78 is 5.98. The van der Waals surface area contributed by atoms with Gasteiger partial charge in [-0.15, -0.1) is 0 Å². The van der Waals surface area contributed by atoms with Crippen molar-refractivity contribution in [2.45, 2.75) is 38.0 Å². The number of piperidine rings is 1. The third-order valence-electron chi connectivity index (χ3n) is 6.95. The monoisotopic (exact) mass is 454 g/mol. The van der Waals surface area contributed by atoms with E-state index < -0.39 is 5.41 Å². The van der Waals surface area contributed by atoms with E-state index >= 15 is 0 Å². The highest BCUT2D eigenvalue weighted by Gasteiger charge is 2.48. The molecule has 1 saturated heterocycles. The molecule has 3 aliphatic heterocycles. The van der Waals surface area contributed by atoms with Crippen LogP contribution in [0.1, 0.15) is 37.3 Å². The lowest BCUT2D eigenvalue weighted by Crippen LogP contribution is -2.47. The van der Waals surface area contributed by atoms with Gasteiger partial charge in [-0.05, 0) is 74.2 Å². The molecule has 0 bridgehead atoms. The van der Waals surface area contributed by atoms with E-state index in [0.29, 0.717) is 11.6 Å². The number of likely N-dealkylation sites (tertiary alicyclic amines) is 1. The molecule has 168 valence electrons. The van der Waals surface area contributed by atoms with Crippen LogP contribution in [0.3, 0.4) is 0 Å². The molecule has 1 aromatic carbocycles. The fraction of sp³-hybridized carbons (Fsp3) is 0.458. The van der Waals surface area contributed by atoms with E-state index in [4.69, 9.17) is 16.3 Å². The van der Waals surface area contributed by atoms with E-state index in [-0.39, 0.29) is 11.8 Å². The molecule has 8 heteroatoms. The van der Waals surface area contributed by atoms with E-state index in [1.54, 1.807) is 18.0 Å². The van der Waals surface area contributed by atoms with Crippen molar-refractivity contribution in [2.75, 3.05) is 43.0 Å². The summed E-state index contributed by atoms with van der Waals surface area (Å²) >= 11 is 6.21. The van der Waals surface area contributed by atoms with Gasteiger partial charge in [-0.1, -0.05) is 11.6 Å². The van der Waals surface area contributed by atoms with Gasteiger partial charge in [0.25, 0.3) is 0 Å². The Morgan fingerprint density at radius 3 is 2.84 bits per heavy atom. The van der Waals surface area contributed by atoms with Crippen LogP contribution in [0, 0.1) is 0 Å². The lowest BCUT2D eigenvalue weighted by atomic mass is 9.73. The molecular weight excluding hydrogens is 428 g/mol. The Bertz CT molecular complexity index is 1070. The Morgan fingerprint density at radius 1 is 1.25 bits per heavy atom. The number of ether oxygens (including phenoxy) is 1. The summed E-state index contributed by atoms with van der Waals surface area (Å²) in [6.07, 6.45) is 5.09. The number of benzene rings is 1. The topological polar surface area (TPSA) is 74.8 Å².